The lowest BCUT2D eigenvalue weighted by atomic mass is 9.97. The first-order valence-electron chi connectivity index (χ1n) is 7.88. The van der Waals surface area contributed by atoms with Gasteiger partial charge < -0.3 is 5.32 Å². The molecule has 0 bridgehead atoms. The van der Waals surface area contributed by atoms with Gasteiger partial charge in [-0.15, -0.1) is 0 Å². The number of nitrogens with one attached hydrogen (secondary N) is 2. The van der Waals surface area contributed by atoms with Gasteiger partial charge in [-0.05, 0) is 23.8 Å². The van der Waals surface area contributed by atoms with Crippen molar-refractivity contribution in [2.24, 2.45) is 0 Å². The van der Waals surface area contributed by atoms with Crippen molar-refractivity contribution in [2.45, 2.75) is 10.8 Å². The molecule has 1 aliphatic rings. The number of anilines is 1. The number of fused-ring (bicyclic) bond motifs is 2. The third kappa shape index (κ3) is 2.94. The van der Waals surface area contributed by atoms with Gasteiger partial charge in [-0.1, -0.05) is 35.9 Å². The van der Waals surface area contributed by atoms with Crippen LogP contribution in [0.1, 0.15) is 11.5 Å². The molecule has 6 nitrogen and oxygen atoms in total. The van der Waals surface area contributed by atoms with Crippen LogP contribution in [0.15, 0.2) is 59.8 Å². The van der Waals surface area contributed by atoms with E-state index in [-0.39, 0.29) is 17.3 Å². The Hall–Kier alpha value is -2.48. The average Bonchev–Trinajstić information content (AvgIpc) is 2.61. The third-order valence-corrected chi connectivity index (χ3v) is 6.09. The van der Waals surface area contributed by atoms with Crippen molar-refractivity contribution in [2.75, 3.05) is 11.9 Å². The number of carbonyl (C=O) groups is 1. The molecule has 2 N–H and O–H groups in total. The van der Waals surface area contributed by atoms with Crippen LogP contribution < -0.4 is 10.0 Å². The molecule has 2 aromatic carbocycles. The Morgan fingerprint density at radius 2 is 2.00 bits per heavy atom. The smallest absolute Gasteiger partial charge is 0.240 e. The lowest BCUT2D eigenvalue weighted by Gasteiger charge is -2.25. The van der Waals surface area contributed by atoms with E-state index in [2.05, 4.69) is 15.0 Å². The molecule has 1 aliphatic heterocycles. The highest BCUT2D eigenvalue weighted by Crippen LogP contribution is 2.32. The number of amides is 1. The second kappa shape index (κ2) is 6.35. The van der Waals surface area contributed by atoms with Crippen molar-refractivity contribution in [1.29, 1.82) is 0 Å². The highest BCUT2D eigenvalue weighted by atomic mass is 35.5. The van der Waals surface area contributed by atoms with Crippen LogP contribution in [0, 0.1) is 0 Å². The topological polar surface area (TPSA) is 88.2 Å². The number of halogens is 1. The van der Waals surface area contributed by atoms with E-state index in [1.807, 2.05) is 24.3 Å². The summed E-state index contributed by atoms with van der Waals surface area (Å²) in [6.07, 6.45) is 3.29. The van der Waals surface area contributed by atoms with Gasteiger partial charge in [-0.3, -0.25) is 9.78 Å². The highest BCUT2D eigenvalue weighted by molar-refractivity contribution is 7.89. The van der Waals surface area contributed by atoms with Gasteiger partial charge in [0.15, 0.2) is 0 Å². The predicted octanol–water partition coefficient (Wildman–Crippen LogP) is 2.90. The lowest BCUT2D eigenvalue weighted by Crippen LogP contribution is -2.39. The molecule has 2 heterocycles. The average molecular weight is 388 g/mol. The van der Waals surface area contributed by atoms with Crippen LogP contribution in [0.3, 0.4) is 0 Å². The predicted molar refractivity (Wildman–Crippen MR) is 99.8 cm³/mol. The molecule has 3 aromatic rings. The zero-order valence-electron chi connectivity index (χ0n) is 13.4. The normalized spacial score (nSPS) is 18.3. The molecule has 1 atom stereocenters. The van der Waals surface area contributed by atoms with Crippen molar-refractivity contribution in [3.05, 3.63) is 65.4 Å². The zero-order chi connectivity index (χ0) is 18.3. The molecule has 0 fully saturated rings. The second-order valence-electron chi connectivity index (χ2n) is 5.98. The molecule has 8 heteroatoms. The summed E-state index contributed by atoms with van der Waals surface area (Å²) in [5, 5.41) is 5.00. The Balaban J connectivity index is 1.72. The number of rotatable bonds is 2. The van der Waals surface area contributed by atoms with E-state index in [9.17, 15) is 13.2 Å². The maximum absolute atomic E-state index is 12.9. The Bertz CT molecular complexity index is 1130. The Labute approximate surface area is 155 Å². The first-order chi connectivity index (χ1) is 12.5. The summed E-state index contributed by atoms with van der Waals surface area (Å²) >= 11 is 6.02. The van der Waals surface area contributed by atoms with Crippen LogP contribution in [-0.4, -0.2) is 25.9 Å². The van der Waals surface area contributed by atoms with E-state index in [0.717, 1.165) is 10.8 Å². The zero-order valence-corrected chi connectivity index (χ0v) is 15.0. The molecule has 0 saturated carbocycles. The van der Waals surface area contributed by atoms with Crippen LogP contribution in [-0.2, 0) is 14.8 Å². The molecular weight excluding hydrogens is 374 g/mol. The summed E-state index contributed by atoms with van der Waals surface area (Å²) in [4.78, 5) is 17.1. The molecule has 0 spiro atoms. The summed E-state index contributed by atoms with van der Waals surface area (Å²) < 4.78 is 26.8. The van der Waals surface area contributed by atoms with Crippen molar-refractivity contribution in [1.82, 2.24) is 9.71 Å². The van der Waals surface area contributed by atoms with Gasteiger partial charge in [-0.25, -0.2) is 13.1 Å². The van der Waals surface area contributed by atoms with Gasteiger partial charge in [0.05, 0.1) is 22.7 Å². The standard InChI is InChI=1S/C18H14ClN3O3S/c19-12-5-6-17-14(7-12)15(9-21-26(17,24)25)18(23)22-16-10-20-8-11-3-1-2-4-13(11)16/h1-8,10,15,21H,9H2,(H,22,23). The summed E-state index contributed by atoms with van der Waals surface area (Å²) in [6, 6.07) is 12.0. The molecule has 132 valence electrons. The van der Waals surface area contributed by atoms with Gasteiger partial charge in [0, 0.05) is 28.5 Å². The molecule has 0 saturated heterocycles. The van der Waals surface area contributed by atoms with Crippen LogP contribution in [0.4, 0.5) is 5.69 Å². The SMILES string of the molecule is O=C(Nc1cncc2ccccc12)C1CNS(=O)(=O)c2ccc(Cl)cc21. The number of sulfonamides is 1. The van der Waals surface area contributed by atoms with Gasteiger partial charge in [0.1, 0.15) is 0 Å². The maximum Gasteiger partial charge on any atom is 0.240 e. The van der Waals surface area contributed by atoms with Gasteiger partial charge in [0.2, 0.25) is 15.9 Å². The Kier molecular flexibility index (Phi) is 4.14. The van der Waals surface area contributed by atoms with Crippen molar-refractivity contribution in [3.63, 3.8) is 0 Å². The summed E-state index contributed by atoms with van der Waals surface area (Å²) in [5.74, 6) is -1.01. The summed E-state index contributed by atoms with van der Waals surface area (Å²) in [6.45, 7) is -0.0281. The minimum atomic E-state index is -3.63. The van der Waals surface area contributed by atoms with E-state index in [1.165, 1.54) is 18.2 Å². The fourth-order valence-corrected chi connectivity index (χ4v) is 4.57. The van der Waals surface area contributed by atoms with Crippen molar-refractivity contribution >= 4 is 44.0 Å². The maximum atomic E-state index is 12.9. The van der Waals surface area contributed by atoms with Gasteiger partial charge in [-0.2, -0.15) is 0 Å². The molecule has 1 aromatic heterocycles. The fraction of sp³-hybridized carbons (Fsp3) is 0.111. The van der Waals surface area contributed by atoms with Gasteiger partial charge >= 0.3 is 0 Å². The van der Waals surface area contributed by atoms with Crippen molar-refractivity contribution < 1.29 is 13.2 Å². The van der Waals surface area contributed by atoms with Crippen molar-refractivity contribution in [3.8, 4) is 0 Å². The first kappa shape index (κ1) is 17.0. The third-order valence-electron chi connectivity index (χ3n) is 4.36. The molecule has 1 amide bonds. The molecule has 26 heavy (non-hydrogen) atoms. The second-order valence-corrected chi connectivity index (χ2v) is 8.16. The van der Waals surface area contributed by atoms with Crippen LogP contribution in [0.25, 0.3) is 10.8 Å². The number of benzene rings is 2. The molecule has 0 aliphatic carbocycles. The number of hydrogen-bond acceptors (Lipinski definition) is 4. The Morgan fingerprint density at radius 3 is 2.85 bits per heavy atom. The summed E-state index contributed by atoms with van der Waals surface area (Å²) in [5.41, 5.74) is 0.965. The molecule has 4 rings (SSSR count). The monoisotopic (exact) mass is 387 g/mol. The number of nitrogens with zero attached hydrogens (tertiary/aromatic N) is 1. The van der Waals surface area contributed by atoms with Gasteiger partial charge in [0.25, 0.3) is 0 Å². The molecular formula is C18H14ClN3O3S. The number of aromatic nitrogens is 1. The minimum absolute atomic E-state index is 0.0281. The van der Waals surface area contributed by atoms with Crippen LogP contribution in [0.2, 0.25) is 5.02 Å². The molecule has 0 radical (unpaired) electrons. The lowest BCUT2D eigenvalue weighted by molar-refractivity contribution is -0.117. The number of carbonyl (C=O) groups excluding carboxylic acids is 1. The van der Waals surface area contributed by atoms with E-state index in [0.29, 0.717) is 16.3 Å². The molecule has 1 unspecified atom stereocenters. The quantitative estimate of drug-likeness (QED) is 0.707. The minimum Gasteiger partial charge on any atom is -0.324 e. The van der Waals surface area contributed by atoms with Crippen LogP contribution >= 0.6 is 11.6 Å². The van der Waals surface area contributed by atoms with Crippen LogP contribution in [0.5, 0.6) is 0 Å². The van der Waals surface area contributed by atoms with E-state index >= 15 is 0 Å². The number of hydrogen-bond donors (Lipinski definition) is 2. The Morgan fingerprint density at radius 1 is 1.19 bits per heavy atom. The van der Waals surface area contributed by atoms with E-state index < -0.39 is 15.9 Å². The largest absolute Gasteiger partial charge is 0.324 e. The fourth-order valence-electron chi connectivity index (χ4n) is 3.09. The highest BCUT2D eigenvalue weighted by Gasteiger charge is 2.34. The van der Waals surface area contributed by atoms with E-state index in [4.69, 9.17) is 11.6 Å². The first-order valence-corrected chi connectivity index (χ1v) is 9.74. The van der Waals surface area contributed by atoms with E-state index in [1.54, 1.807) is 12.4 Å². The summed E-state index contributed by atoms with van der Waals surface area (Å²) in [7, 11) is -3.63. The number of pyridine rings is 1.